The zero-order chi connectivity index (χ0) is 22.4. The maximum Gasteiger partial charge on any atom is 0.262 e. The normalized spacial score (nSPS) is 11.1. The summed E-state index contributed by atoms with van der Waals surface area (Å²) < 4.78 is 45.1. The number of nitrogens with one attached hydrogen (secondary N) is 1. The lowest BCUT2D eigenvalue weighted by atomic mass is 10.2. The predicted molar refractivity (Wildman–Crippen MR) is 119 cm³/mol. The largest absolute Gasteiger partial charge is 0.484 e. The quantitative estimate of drug-likeness (QED) is 0.536. The molecule has 0 radical (unpaired) electrons. The maximum atomic E-state index is 14.0. The summed E-state index contributed by atoms with van der Waals surface area (Å²) >= 11 is 6.00. The Morgan fingerprint density at radius 1 is 1.03 bits per heavy atom. The van der Waals surface area contributed by atoms with Crippen LogP contribution in [-0.4, -0.2) is 27.2 Å². The highest BCUT2D eigenvalue weighted by molar-refractivity contribution is 7.92. The lowest BCUT2D eigenvalue weighted by Crippen LogP contribution is -2.29. The van der Waals surface area contributed by atoms with Crippen molar-refractivity contribution < 1.29 is 22.3 Å². The van der Waals surface area contributed by atoms with Gasteiger partial charge in [0, 0.05) is 5.56 Å². The molecule has 0 aliphatic carbocycles. The van der Waals surface area contributed by atoms with E-state index in [1.165, 1.54) is 42.5 Å². The van der Waals surface area contributed by atoms with E-state index in [4.69, 9.17) is 16.3 Å². The lowest BCUT2D eigenvalue weighted by molar-refractivity contribution is -0.118. The van der Waals surface area contributed by atoms with E-state index < -0.39 is 21.7 Å². The first-order chi connectivity index (χ1) is 14.7. The number of hydrogen-bond donors (Lipinski definition) is 1. The Morgan fingerprint density at radius 3 is 2.32 bits per heavy atom. The number of nitrogens with zero attached hydrogens (tertiary/aromatic N) is 1. The highest BCUT2D eigenvalue weighted by Gasteiger charge is 2.19. The van der Waals surface area contributed by atoms with Gasteiger partial charge < -0.3 is 10.1 Å². The number of amides is 1. The molecule has 3 aromatic rings. The van der Waals surface area contributed by atoms with Crippen LogP contribution in [0.5, 0.6) is 5.75 Å². The molecule has 1 amide bonds. The van der Waals surface area contributed by atoms with Gasteiger partial charge in [0.15, 0.2) is 6.61 Å². The summed E-state index contributed by atoms with van der Waals surface area (Å²) in [5.41, 5.74) is 1.08. The Labute approximate surface area is 185 Å². The zero-order valence-electron chi connectivity index (χ0n) is 16.6. The van der Waals surface area contributed by atoms with Crippen LogP contribution in [0.3, 0.4) is 0 Å². The standard InChI is InChI=1S/C22H20ClFN2O4S/c1-31(28,29)26(14-16-6-2-4-8-20(16)24)17-10-12-18(13-11-17)30-15-22(27)25-21-9-5-3-7-19(21)23/h2-13H,14-15H2,1H3,(H,25,27). The summed E-state index contributed by atoms with van der Waals surface area (Å²) in [6.07, 6.45) is 1.05. The van der Waals surface area contributed by atoms with E-state index in [1.54, 1.807) is 30.3 Å². The first kappa shape index (κ1) is 22.6. The second-order valence-electron chi connectivity index (χ2n) is 6.67. The van der Waals surface area contributed by atoms with Crippen LogP contribution < -0.4 is 14.4 Å². The van der Waals surface area contributed by atoms with E-state index >= 15 is 0 Å². The first-order valence-corrected chi connectivity index (χ1v) is 11.4. The number of para-hydroxylation sites is 1. The van der Waals surface area contributed by atoms with Crippen molar-refractivity contribution in [3.63, 3.8) is 0 Å². The summed E-state index contributed by atoms with van der Waals surface area (Å²) in [5.74, 6) is -0.507. The molecule has 0 fully saturated rings. The van der Waals surface area contributed by atoms with Crippen molar-refractivity contribution in [3.05, 3.63) is 89.2 Å². The number of carbonyl (C=O) groups is 1. The van der Waals surface area contributed by atoms with Gasteiger partial charge in [-0.15, -0.1) is 0 Å². The second-order valence-corrected chi connectivity index (χ2v) is 8.99. The highest BCUT2D eigenvalue weighted by atomic mass is 35.5. The molecular formula is C22H20ClFN2O4S. The predicted octanol–water partition coefficient (Wildman–Crippen LogP) is 4.46. The molecule has 6 nitrogen and oxygen atoms in total. The number of rotatable bonds is 8. The minimum atomic E-state index is -3.66. The molecule has 0 spiro atoms. The zero-order valence-corrected chi connectivity index (χ0v) is 18.2. The van der Waals surface area contributed by atoms with E-state index in [0.29, 0.717) is 22.1 Å². The number of halogens is 2. The Hall–Kier alpha value is -3.10. The molecule has 0 saturated carbocycles. The second kappa shape index (κ2) is 9.80. The Morgan fingerprint density at radius 2 is 1.68 bits per heavy atom. The maximum absolute atomic E-state index is 14.0. The highest BCUT2D eigenvalue weighted by Crippen LogP contribution is 2.25. The van der Waals surface area contributed by atoms with Crippen molar-refractivity contribution in [1.82, 2.24) is 0 Å². The molecular weight excluding hydrogens is 443 g/mol. The number of benzene rings is 3. The van der Waals surface area contributed by atoms with Crippen LogP contribution in [0.2, 0.25) is 5.02 Å². The molecule has 162 valence electrons. The average Bonchev–Trinajstić information content (AvgIpc) is 2.73. The van der Waals surface area contributed by atoms with Crippen molar-refractivity contribution >= 4 is 38.9 Å². The molecule has 0 unspecified atom stereocenters. The van der Waals surface area contributed by atoms with E-state index in [1.807, 2.05) is 0 Å². The summed E-state index contributed by atoms with van der Waals surface area (Å²) in [7, 11) is -3.66. The van der Waals surface area contributed by atoms with Gasteiger partial charge in [-0.05, 0) is 42.5 Å². The van der Waals surface area contributed by atoms with Crippen molar-refractivity contribution in [2.45, 2.75) is 6.54 Å². The van der Waals surface area contributed by atoms with Gasteiger partial charge in [0.05, 0.1) is 29.2 Å². The van der Waals surface area contributed by atoms with E-state index in [-0.39, 0.29) is 18.7 Å². The van der Waals surface area contributed by atoms with Crippen molar-refractivity contribution in [2.24, 2.45) is 0 Å². The molecule has 9 heteroatoms. The Balaban J connectivity index is 1.66. The summed E-state index contributed by atoms with van der Waals surface area (Å²) in [4.78, 5) is 12.1. The van der Waals surface area contributed by atoms with Crippen LogP contribution >= 0.6 is 11.6 Å². The molecule has 1 N–H and O–H groups in total. The van der Waals surface area contributed by atoms with Crippen LogP contribution in [0, 0.1) is 5.82 Å². The Kier molecular flexibility index (Phi) is 7.14. The van der Waals surface area contributed by atoms with E-state index in [0.717, 1.165) is 10.6 Å². The molecule has 0 atom stereocenters. The third-order valence-electron chi connectivity index (χ3n) is 4.31. The summed E-state index contributed by atoms with van der Waals surface area (Å²) in [6.45, 7) is -0.401. The number of hydrogen-bond acceptors (Lipinski definition) is 4. The van der Waals surface area contributed by atoms with Gasteiger partial charge in [-0.1, -0.05) is 41.9 Å². The molecule has 3 rings (SSSR count). The molecule has 31 heavy (non-hydrogen) atoms. The fourth-order valence-corrected chi connectivity index (χ4v) is 3.85. The van der Waals surface area contributed by atoms with Gasteiger partial charge in [-0.25, -0.2) is 12.8 Å². The van der Waals surface area contributed by atoms with Crippen molar-refractivity contribution in [2.75, 3.05) is 22.5 Å². The lowest BCUT2D eigenvalue weighted by Gasteiger charge is -2.23. The van der Waals surface area contributed by atoms with Crippen molar-refractivity contribution in [3.8, 4) is 5.75 Å². The smallest absolute Gasteiger partial charge is 0.262 e. The molecule has 0 aliphatic heterocycles. The van der Waals surface area contributed by atoms with Crippen LogP contribution in [-0.2, 0) is 21.4 Å². The summed E-state index contributed by atoms with van der Waals surface area (Å²) in [5, 5.41) is 3.06. The monoisotopic (exact) mass is 462 g/mol. The Bertz CT molecular complexity index is 1170. The SMILES string of the molecule is CS(=O)(=O)N(Cc1ccccc1F)c1ccc(OCC(=O)Nc2ccccc2Cl)cc1. The van der Waals surface area contributed by atoms with Gasteiger partial charge >= 0.3 is 0 Å². The molecule has 0 heterocycles. The van der Waals surface area contributed by atoms with Crippen LogP contribution in [0.15, 0.2) is 72.8 Å². The molecule has 0 bridgehead atoms. The van der Waals surface area contributed by atoms with Crippen LogP contribution in [0.25, 0.3) is 0 Å². The van der Waals surface area contributed by atoms with E-state index in [2.05, 4.69) is 5.32 Å². The van der Waals surface area contributed by atoms with Gasteiger partial charge in [-0.3, -0.25) is 9.10 Å². The van der Waals surface area contributed by atoms with Gasteiger partial charge in [0.1, 0.15) is 11.6 Å². The molecule has 0 aromatic heterocycles. The third kappa shape index (κ3) is 6.19. The van der Waals surface area contributed by atoms with Crippen molar-refractivity contribution in [1.29, 1.82) is 0 Å². The number of anilines is 2. The van der Waals surface area contributed by atoms with Crippen LogP contribution in [0.4, 0.5) is 15.8 Å². The third-order valence-corrected chi connectivity index (χ3v) is 5.78. The minimum Gasteiger partial charge on any atom is -0.484 e. The topological polar surface area (TPSA) is 75.7 Å². The fourth-order valence-electron chi connectivity index (χ4n) is 2.79. The van der Waals surface area contributed by atoms with Gasteiger partial charge in [0.25, 0.3) is 5.91 Å². The molecule has 0 aliphatic rings. The fraction of sp³-hybridized carbons (Fsp3) is 0.136. The molecule has 0 saturated heterocycles. The first-order valence-electron chi connectivity index (χ1n) is 9.22. The van der Waals surface area contributed by atoms with Gasteiger partial charge in [0.2, 0.25) is 10.0 Å². The molecule has 3 aromatic carbocycles. The average molecular weight is 463 g/mol. The van der Waals surface area contributed by atoms with Gasteiger partial charge in [-0.2, -0.15) is 0 Å². The number of carbonyl (C=O) groups excluding carboxylic acids is 1. The van der Waals surface area contributed by atoms with E-state index in [9.17, 15) is 17.6 Å². The number of sulfonamides is 1. The minimum absolute atomic E-state index is 0.147. The number of ether oxygens (including phenoxy) is 1. The summed E-state index contributed by atoms with van der Waals surface area (Å²) in [6, 6.07) is 19.0. The van der Waals surface area contributed by atoms with Crippen LogP contribution in [0.1, 0.15) is 5.56 Å².